The van der Waals surface area contributed by atoms with Gasteiger partial charge in [-0.2, -0.15) is 0 Å². The SMILES string of the molecule is O=C(OCCSc1ccc(C(=O)c2ccccc2)cc1)c1ccccc1. The van der Waals surface area contributed by atoms with Crippen LogP contribution in [0.4, 0.5) is 0 Å². The number of carbonyl (C=O) groups excluding carboxylic acids is 2. The van der Waals surface area contributed by atoms with Crippen molar-refractivity contribution in [1.29, 1.82) is 0 Å². The lowest BCUT2D eigenvalue weighted by atomic mass is 10.0. The molecule has 0 spiro atoms. The van der Waals surface area contributed by atoms with Gasteiger partial charge in [-0.25, -0.2) is 4.79 Å². The van der Waals surface area contributed by atoms with Crippen LogP contribution in [0.3, 0.4) is 0 Å². The largest absolute Gasteiger partial charge is 0.461 e. The summed E-state index contributed by atoms with van der Waals surface area (Å²) in [6, 6.07) is 25.7. The summed E-state index contributed by atoms with van der Waals surface area (Å²) >= 11 is 1.59. The minimum atomic E-state index is -0.310. The van der Waals surface area contributed by atoms with Crippen molar-refractivity contribution in [1.82, 2.24) is 0 Å². The molecule has 0 unspecified atom stereocenters. The molecule has 0 saturated carbocycles. The Kier molecular flexibility index (Phi) is 6.23. The molecule has 0 saturated heterocycles. The zero-order valence-electron chi connectivity index (χ0n) is 14.1. The number of ketones is 1. The number of hydrogen-bond donors (Lipinski definition) is 0. The Hall–Kier alpha value is -2.85. The molecule has 0 radical (unpaired) electrons. The van der Waals surface area contributed by atoms with Gasteiger partial charge in [0.25, 0.3) is 0 Å². The van der Waals surface area contributed by atoms with Crippen molar-refractivity contribution in [2.75, 3.05) is 12.4 Å². The molecule has 0 N–H and O–H groups in total. The van der Waals surface area contributed by atoms with Crippen LogP contribution in [-0.2, 0) is 4.74 Å². The standard InChI is InChI=1S/C22H18O3S/c23-21(17-7-3-1-4-8-17)18-11-13-20(14-12-18)26-16-15-25-22(24)19-9-5-2-6-10-19/h1-14H,15-16H2. The normalized spacial score (nSPS) is 10.3. The smallest absolute Gasteiger partial charge is 0.338 e. The Labute approximate surface area is 157 Å². The van der Waals surface area contributed by atoms with Crippen LogP contribution in [0.2, 0.25) is 0 Å². The monoisotopic (exact) mass is 362 g/mol. The van der Waals surface area contributed by atoms with E-state index in [0.717, 1.165) is 4.90 Å². The van der Waals surface area contributed by atoms with Gasteiger partial charge in [0, 0.05) is 21.8 Å². The number of thioether (sulfide) groups is 1. The summed E-state index contributed by atoms with van der Waals surface area (Å²) in [4.78, 5) is 25.2. The third-order valence-electron chi connectivity index (χ3n) is 3.75. The van der Waals surface area contributed by atoms with E-state index in [1.54, 1.807) is 23.9 Å². The molecule has 3 rings (SSSR count). The second-order valence-electron chi connectivity index (χ2n) is 5.57. The van der Waals surface area contributed by atoms with Crippen molar-refractivity contribution in [3.63, 3.8) is 0 Å². The molecular weight excluding hydrogens is 344 g/mol. The van der Waals surface area contributed by atoms with Crippen LogP contribution >= 0.6 is 11.8 Å². The fraction of sp³-hybridized carbons (Fsp3) is 0.0909. The molecule has 0 fully saturated rings. The van der Waals surface area contributed by atoms with E-state index < -0.39 is 0 Å². The topological polar surface area (TPSA) is 43.4 Å². The summed E-state index contributed by atoms with van der Waals surface area (Å²) in [7, 11) is 0. The van der Waals surface area contributed by atoms with Crippen molar-refractivity contribution < 1.29 is 14.3 Å². The Morgan fingerprint density at radius 3 is 1.85 bits per heavy atom. The minimum Gasteiger partial charge on any atom is -0.461 e. The lowest BCUT2D eigenvalue weighted by molar-refractivity contribution is 0.0530. The fourth-order valence-corrected chi connectivity index (χ4v) is 3.14. The van der Waals surface area contributed by atoms with Crippen LogP contribution in [0.1, 0.15) is 26.3 Å². The minimum absolute atomic E-state index is 0.0129. The van der Waals surface area contributed by atoms with Gasteiger partial charge >= 0.3 is 5.97 Å². The molecule has 130 valence electrons. The van der Waals surface area contributed by atoms with Gasteiger partial charge in [-0.1, -0.05) is 48.5 Å². The molecule has 0 heterocycles. The highest BCUT2D eigenvalue weighted by molar-refractivity contribution is 7.99. The lowest BCUT2D eigenvalue weighted by Gasteiger charge is -2.06. The third kappa shape index (κ3) is 4.83. The van der Waals surface area contributed by atoms with Crippen LogP contribution in [0.5, 0.6) is 0 Å². The highest BCUT2D eigenvalue weighted by Crippen LogP contribution is 2.20. The van der Waals surface area contributed by atoms with E-state index in [9.17, 15) is 9.59 Å². The van der Waals surface area contributed by atoms with Gasteiger partial charge < -0.3 is 4.74 Å². The summed E-state index contributed by atoms with van der Waals surface area (Å²) in [6.45, 7) is 0.336. The highest BCUT2D eigenvalue weighted by atomic mass is 32.2. The first-order valence-corrected chi connectivity index (χ1v) is 9.27. The van der Waals surface area contributed by atoms with E-state index in [-0.39, 0.29) is 11.8 Å². The van der Waals surface area contributed by atoms with E-state index in [0.29, 0.717) is 29.1 Å². The second kappa shape index (κ2) is 9.02. The first kappa shape index (κ1) is 18.0. The van der Waals surface area contributed by atoms with Crippen molar-refractivity contribution in [2.45, 2.75) is 4.90 Å². The number of esters is 1. The molecule has 0 aliphatic heterocycles. The molecule has 0 bridgehead atoms. The number of ether oxygens (including phenoxy) is 1. The van der Waals surface area contributed by atoms with Crippen molar-refractivity contribution in [2.24, 2.45) is 0 Å². The summed E-state index contributed by atoms with van der Waals surface area (Å²) in [6.07, 6.45) is 0. The number of hydrogen-bond acceptors (Lipinski definition) is 4. The Balaban J connectivity index is 1.47. The summed E-state index contributed by atoms with van der Waals surface area (Å²) in [5, 5.41) is 0. The van der Waals surface area contributed by atoms with E-state index in [1.165, 1.54) is 0 Å². The summed E-state index contributed by atoms with van der Waals surface area (Å²) in [5.74, 6) is 0.360. The van der Waals surface area contributed by atoms with Gasteiger partial charge in [-0.15, -0.1) is 11.8 Å². The molecule has 3 nitrogen and oxygen atoms in total. The molecule has 4 heteroatoms. The molecule has 3 aromatic carbocycles. The molecule has 0 amide bonds. The van der Waals surface area contributed by atoms with Gasteiger partial charge in [-0.3, -0.25) is 4.79 Å². The second-order valence-corrected chi connectivity index (χ2v) is 6.74. The molecular formula is C22H18O3S. The molecule has 0 atom stereocenters. The van der Waals surface area contributed by atoms with E-state index in [1.807, 2.05) is 72.8 Å². The fourth-order valence-electron chi connectivity index (χ4n) is 2.41. The van der Waals surface area contributed by atoms with Crippen molar-refractivity contribution in [3.05, 3.63) is 102 Å². The maximum absolute atomic E-state index is 12.4. The van der Waals surface area contributed by atoms with Crippen LogP contribution in [-0.4, -0.2) is 24.1 Å². The average molecular weight is 362 g/mol. The van der Waals surface area contributed by atoms with Crippen LogP contribution < -0.4 is 0 Å². The molecule has 0 aromatic heterocycles. The van der Waals surface area contributed by atoms with E-state index in [4.69, 9.17) is 4.74 Å². The summed E-state index contributed by atoms with van der Waals surface area (Å²) < 4.78 is 5.26. The van der Waals surface area contributed by atoms with E-state index >= 15 is 0 Å². The Bertz CT molecular complexity index is 859. The van der Waals surface area contributed by atoms with Gasteiger partial charge in [0.2, 0.25) is 0 Å². The van der Waals surface area contributed by atoms with E-state index in [2.05, 4.69) is 0 Å². The average Bonchev–Trinajstić information content (AvgIpc) is 2.72. The Morgan fingerprint density at radius 1 is 0.692 bits per heavy atom. The summed E-state index contributed by atoms with van der Waals surface area (Å²) in [5.41, 5.74) is 1.90. The zero-order chi connectivity index (χ0) is 18.2. The molecule has 0 aliphatic carbocycles. The number of rotatable bonds is 7. The molecule has 0 aliphatic rings. The highest BCUT2D eigenvalue weighted by Gasteiger charge is 2.09. The quantitative estimate of drug-likeness (QED) is 0.260. The third-order valence-corrected chi connectivity index (χ3v) is 4.72. The van der Waals surface area contributed by atoms with Crippen molar-refractivity contribution >= 4 is 23.5 Å². The predicted molar refractivity (Wildman–Crippen MR) is 104 cm³/mol. The molecule has 3 aromatic rings. The first-order valence-electron chi connectivity index (χ1n) is 8.29. The van der Waals surface area contributed by atoms with Gasteiger partial charge in [-0.05, 0) is 36.4 Å². The maximum Gasteiger partial charge on any atom is 0.338 e. The van der Waals surface area contributed by atoms with Crippen molar-refractivity contribution in [3.8, 4) is 0 Å². The van der Waals surface area contributed by atoms with Gasteiger partial charge in [0.1, 0.15) is 6.61 Å². The van der Waals surface area contributed by atoms with Crippen LogP contribution in [0.15, 0.2) is 89.8 Å². The van der Waals surface area contributed by atoms with Gasteiger partial charge in [0.15, 0.2) is 5.78 Å². The van der Waals surface area contributed by atoms with Gasteiger partial charge in [0.05, 0.1) is 5.56 Å². The predicted octanol–water partition coefficient (Wildman–Crippen LogP) is 4.87. The van der Waals surface area contributed by atoms with Crippen LogP contribution in [0.25, 0.3) is 0 Å². The lowest BCUT2D eigenvalue weighted by Crippen LogP contribution is -2.07. The maximum atomic E-state index is 12.4. The number of carbonyl (C=O) groups is 2. The first-order chi connectivity index (χ1) is 12.7. The molecule has 26 heavy (non-hydrogen) atoms. The van der Waals surface area contributed by atoms with Crippen LogP contribution in [0, 0.1) is 0 Å². The zero-order valence-corrected chi connectivity index (χ0v) is 14.9. The number of benzene rings is 3. The Morgan fingerprint density at radius 2 is 1.23 bits per heavy atom.